The van der Waals surface area contributed by atoms with Crippen LogP contribution >= 0.6 is 0 Å². The van der Waals surface area contributed by atoms with E-state index in [2.05, 4.69) is 35.2 Å². The predicted octanol–water partition coefficient (Wildman–Crippen LogP) is 4.22. The second-order valence-corrected chi connectivity index (χ2v) is 11.1. The van der Waals surface area contributed by atoms with E-state index in [0.717, 1.165) is 42.2 Å². The molecule has 7 rings (SSSR count). The molecule has 2 saturated heterocycles. The molecule has 2 bridgehead atoms. The van der Waals surface area contributed by atoms with E-state index in [-0.39, 0.29) is 35.2 Å². The Morgan fingerprint density at radius 3 is 2.71 bits per heavy atom. The Kier molecular flexibility index (Phi) is 5.13. The van der Waals surface area contributed by atoms with E-state index < -0.39 is 6.61 Å². The summed E-state index contributed by atoms with van der Waals surface area (Å²) in [5, 5.41) is 0. The van der Waals surface area contributed by atoms with Crippen LogP contribution in [0.3, 0.4) is 0 Å². The highest BCUT2D eigenvalue weighted by Crippen LogP contribution is 2.50. The van der Waals surface area contributed by atoms with Crippen LogP contribution in [0.2, 0.25) is 0 Å². The maximum absolute atomic E-state index is 13.3. The lowest BCUT2D eigenvalue weighted by molar-refractivity contribution is -0.153. The molecule has 7 nitrogen and oxygen atoms in total. The lowest BCUT2D eigenvalue weighted by Gasteiger charge is -2.58. The lowest BCUT2D eigenvalue weighted by Crippen LogP contribution is -2.70. The smallest absolute Gasteiger partial charge is 0.387 e. The Morgan fingerprint density at radius 1 is 1.18 bits per heavy atom. The van der Waals surface area contributed by atoms with Crippen molar-refractivity contribution < 1.29 is 23.0 Å². The third-order valence-electron chi connectivity index (χ3n) is 8.83. The number of carbonyl (C=O) groups is 1. The number of hydrogen-bond acceptors (Lipinski definition) is 5. The zero-order valence-corrected chi connectivity index (χ0v) is 21.4. The maximum atomic E-state index is 13.3. The molecule has 0 aliphatic carbocycles. The number of likely N-dealkylation sites (tertiary alicyclic amines) is 1. The standard InChI is InChI=1S/C29H28F2N4O3/c1-29(2)17(13-34(29)18-14-37-15-18)9-7-16-8-10-20-21(11-16)35-22-12-23(26(35)32-20)33(3)27(36)19-5-4-6-24(25(19)22)38-28(30)31/h4-6,8,10-11,17-18,22-23,28H,12-15H2,1-3H3. The summed E-state index contributed by atoms with van der Waals surface area (Å²) in [6, 6.07) is 10.6. The molecule has 9 heteroatoms. The van der Waals surface area contributed by atoms with E-state index >= 15 is 0 Å². The monoisotopic (exact) mass is 518 g/mol. The van der Waals surface area contributed by atoms with Crippen LogP contribution in [0, 0.1) is 17.8 Å². The van der Waals surface area contributed by atoms with Crippen LogP contribution in [0.15, 0.2) is 36.4 Å². The number of alkyl halides is 2. The first-order valence-electron chi connectivity index (χ1n) is 13.0. The van der Waals surface area contributed by atoms with Crippen LogP contribution in [0.1, 0.15) is 59.7 Å². The number of amides is 1. The van der Waals surface area contributed by atoms with Crippen molar-refractivity contribution in [3.8, 4) is 17.6 Å². The molecule has 0 spiro atoms. The van der Waals surface area contributed by atoms with Crippen molar-refractivity contribution in [2.24, 2.45) is 5.92 Å². The molecular formula is C29H28F2N4O3. The first kappa shape index (κ1) is 23.6. The molecule has 38 heavy (non-hydrogen) atoms. The Hall–Kier alpha value is -3.48. The van der Waals surface area contributed by atoms with Crippen molar-refractivity contribution in [2.45, 2.75) is 50.5 Å². The molecule has 0 N–H and O–H groups in total. The van der Waals surface area contributed by atoms with Gasteiger partial charge in [-0.25, -0.2) is 4.98 Å². The van der Waals surface area contributed by atoms with Gasteiger partial charge < -0.3 is 18.9 Å². The summed E-state index contributed by atoms with van der Waals surface area (Å²) in [6.07, 6.45) is 0.546. The number of imidazole rings is 1. The van der Waals surface area contributed by atoms with Crippen molar-refractivity contribution in [1.82, 2.24) is 19.4 Å². The minimum atomic E-state index is -2.99. The number of aromatic nitrogens is 2. The topological polar surface area (TPSA) is 59.8 Å². The summed E-state index contributed by atoms with van der Waals surface area (Å²) >= 11 is 0. The number of benzene rings is 2. The van der Waals surface area contributed by atoms with E-state index in [1.807, 2.05) is 18.2 Å². The Morgan fingerprint density at radius 2 is 2.00 bits per heavy atom. The number of hydrogen-bond donors (Lipinski definition) is 0. The van der Waals surface area contributed by atoms with Crippen LogP contribution in [-0.4, -0.2) is 70.3 Å². The summed E-state index contributed by atoms with van der Waals surface area (Å²) < 4.78 is 39.0. The number of ether oxygens (including phenoxy) is 2. The first-order valence-corrected chi connectivity index (χ1v) is 13.0. The molecule has 3 unspecified atom stereocenters. The van der Waals surface area contributed by atoms with Crippen molar-refractivity contribution in [3.63, 3.8) is 0 Å². The van der Waals surface area contributed by atoms with Crippen LogP contribution in [0.5, 0.6) is 5.75 Å². The fraction of sp³-hybridized carbons (Fsp3) is 0.448. The van der Waals surface area contributed by atoms with Gasteiger partial charge in [0.05, 0.1) is 48.3 Å². The SMILES string of the molecule is CN1C(=O)c2cccc(OC(F)F)c2C2CC1c1nc3ccc(C#CC4CN(C5COC5)C4(C)C)cc3n12. The van der Waals surface area contributed by atoms with Gasteiger partial charge in [0.15, 0.2) is 0 Å². The van der Waals surface area contributed by atoms with Crippen molar-refractivity contribution in [2.75, 3.05) is 26.8 Å². The van der Waals surface area contributed by atoms with Gasteiger partial charge in [-0.15, -0.1) is 0 Å². The minimum Gasteiger partial charge on any atom is -0.434 e. The van der Waals surface area contributed by atoms with Gasteiger partial charge >= 0.3 is 6.61 Å². The van der Waals surface area contributed by atoms with Gasteiger partial charge in [0.25, 0.3) is 5.91 Å². The van der Waals surface area contributed by atoms with Gasteiger partial charge in [0, 0.05) is 42.2 Å². The van der Waals surface area contributed by atoms with E-state index in [1.165, 1.54) is 6.07 Å². The van der Waals surface area contributed by atoms with Gasteiger partial charge in [-0.05, 0) is 44.2 Å². The highest BCUT2D eigenvalue weighted by atomic mass is 19.3. The molecular weight excluding hydrogens is 490 g/mol. The largest absolute Gasteiger partial charge is 0.434 e. The molecule has 3 aromatic rings. The summed E-state index contributed by atoms with van der Waals surface area (Å²) in [6.45, 7) is 4.01. The summed E-state index contributed by atoms with van der Waals surface area (Å²) in [5.41, 5.74) is 3.41. The molecule has 1 amide bonds. The van der Waals surface area contributed by atoms with Gasteiger partial charge in [0.1, 0.15) is 11.6 Å². The van der Waals surface area contributed by atoms with Crippen LogP contribution < -0.4 is 4.74 Å². The average molecular weight is 519 g/mol. The second kappa shape index (κ2) is 8.26. The number of halogens is 2. The van der Waals surface area contributed by atoms with Crippen LogP contribution in [0.25, 0.3) is 11.0 Å². The quantitative estimate of drug-likeness (QED) is 0.486. The summed E-state index contributed by atoms with van der Waals surface area (Å²) in [5.74, 6) is 7.68. The fourth-order valence-corrected chi connectivity index (χ4v) is 6.52. The van der Waals surface area contributed by atoms with Crippen molar-refractivity contribution in [1.29, 1.82) is 0 Å². The number of nitrogens with zero attached hydrogens (tertiary/aromatic N) is 4. The Labute approximate surface area is 219 Å². The average Bonchev–Trinajstić information content (AvgIpc) is 3.37. The summed E-state index contributed by atoms with van der Waals surface area (Å²) in [4.78, 5) is 22.3. The molecule has 2 fully saturated rings. The Balaban J connectivity index is 1.28. The molecule has 4 aliphatic heterocycles. The third kappa shape index (κ3) is 3.33. The Bertz CT molecular complexity index is 1530. The predicted molar refractivity (Wildman–Crippen MR) is 136 cm³/mol. The number of rotatable bonds is 3. The lowest BCUT2D eigenvalue weighted by atomic mass is 9.75. The van der Waals surface area contributed by atoms with E-state index in [9.17, 15) is 13.6 Å². The molecule has 4 aliphatic rings. The number of fused-ring (bicyclic) bond motifs is 9. The highest BCUT2D eigenvalue weighted by Gasteiger charge is 2.50. The molecule has 0 radical (unpaired) electrons. The molecule has 196 valence electrons. The molecule has 5 heterocycles. The van der Waals surface area contributed by atoms with Crippen LogP contribution in [-0.2, 0) is 4.74 Å². The van der Waals surface area contributed by atoms with E-state index in [0.29, 0.717) is 23.6 Å². The summed E-state index contributed by atoms with van der Waals surface area (Å²) in [7, 11) is 1.74. The minimum absolute atomic E-state index is 0.000655. The first-order chi connectivity index (χ1) is 18.2. The zero-order valence-electron chi connectivity index (χ0n) is 21.4. The van der Waals surface area contributed by atoms with Gasteiger partial charge in [-0.2, -0.15) is 8.78 Å². The van der Waals surface area contributed by atoms with E-state index in [4.69, 9.17) is 14.5 Å². The van der Waals surface area contributed by atoms with Crippen LogP contribution in [0.4, 0.5) is 8.78 Å². The second-order valence-electron chi connectivity index (χ2n) is 11.1. The van der Waals surface area contributed by atoms with Gasteiger partial charge in [0.2, 0.25) is 0 Å². The van der Waals surface area contributed by atoms with E-state index in [1.54, 1.807) is 24.1 Å². The third-order valence-corrected chi connectivity index (χ3v) is 8.83. The molecule has 3 atom stereocenters. The van der Waals surface area contributed by atoms with Crippen molar-refractivity contribution in [3.05, 3.63) is 58.9 Å². The number of carbonyl (C=O) groups excluding carboxylic acids is 1. The zero-order chi connectivity index (χ0) is 26.3. The maximum Gasteiger partial charge on any atom is 0.387 e. The van der Waals surface area contributed by atoms with Crippen molar-refractivity contribution >= 4 is 16.9 Å². The molecule has 2 aromatic carbocycles. The molecule has 1 aromatic heterocycles. The normalized spacial score (nSPS) is 25.8. The molecule has 0 saturated carbocycles. The fourth-order valence-electron chi connectivity index (χ4n) is 6.52. The van der Waals surface area contributed by atoms with Gasteiger partial charge in [-0.1, -0.05) is 17.9 Å². The highest BCUT2D eigenvalue weighted by molar-refractivity contribution is 5.97. The van der Waals surface area contributed by atoms with Gasteiger partial charge in [-0.3, -0.25) is 9.69 Å².